The van der Waals surface area contributed by atoms with Gasteiger partial charge in [0.1, 0.15) is 0 Å². The van der Waals surface area contributed by atoms with Crippen LogP contribution in [0, 0.1) is 6.92 Å². The monoisotopic (exact) mass is 125 g/mol. The van der Waals surface area contributed by atoms with Gasteiger partial charge in [0.2, 0.25) is 0 Å². The molecule has 0 fully saturated rings. The largest absolute Gasteiger partial charge is 0.365 e. The molecule has 0 unspecified atom stereocenters. The summed E-state index contributed by atoms with van der Waals surface area (Å²) in [5.74, 6) is 0. The number of hydrogen-bond acceptors (Lipinski definition) is 1. The van der Waals surface area contributed by atoms with Crippen LogP contribution >= 0.6 is 0 Å². The molecule has 0 aliphatic heterocycles. The number of nitrogens with one attached hydrogen (secondary N) is 1. The molecule has 0 aliphatic rings. The van der Waals surface area contributed by atoms with Gasteiger partial charge in [-0.1, -0.05) is 7.43 Å². The van der Waals surface area contributed by atoms with Crippen molar-refractivity contribution >= 4 is 0 Å². The Balaban J connectivity index is 0.000000640. The Kier molecular flexibility index (Phi) is 2.71. The molecule has 1 heterocycles. The zero-order valence-corrected chi connectivity index (χ0v) is 4.64. The maximum atomic E-state index is 10.5. The van der Waals surface area contributed by atoms with Crippen molar-refractivity contribution in [3.05, 3.63) is 34.2 Å². The van der Waals surface area contributed by atoms with Crippen LogP contribution < -0.4 is 5.43 Å². The van der Waals surface area contributed by atoms with Crippen molar-refractivity contribution in [2.75, 3.05) is 0 Å². The summed E-state index contributed by atoms with van der Waals surface area (Å²) in [7, 11) is 0. The van der Waals surface area contributed by atoms with Gasteiger partial charge < -0.3 is 4.98 Å². The second kappa shape index (κ2) is 3.07. The summed E-state index contributed by atoms with van der Waals surface area (Å²) in [5.41, 5.74) is 0.957. The topological polar surface area (TPSA) is 32.9 Å². The molecule has 1 rings (SSSR count). The van der Waals surface area contributed by atoms with Crippen LogP contribution in [-0.2, 0) is 0 Å². The molecule has 0 aliphatic carbocycles. The van der Waals surface area contributed by atoms with Gasteiger partial charge in [-0.25, -0.2) is 0 Å². The van der Waals surface area contributed by atoms with Gasteiger partial charge >= 0.3 is 0 Å². The lowest BCUT2D eigenvalue weighted by Crippen LogP contribution is -1.96. The quantitative estimate of drug-likeness (QED) is 0.557. The Morgan fingerprint density at radius 1 is 1.56 bits per heavy atom. The molecule has 1 aromatic rings. The zero-order chi connectivity index (χ0) is 5.98. The summed E-state index contributed by atoms with van der Waals surface area (Å²) in [4.78, 5) is 13.3. The van der Waals surface area contributed by atoms with Gasteiger partial charge in [0.05, 0.1) is 0 Å². The van der Waals surface area contributed by atoms with E-state index < -0.39 is 0 Å². The molecular weight excluding hydrogens is 114 g/mol. The highest BCUT2D eigenvalue weighted by Crippen LogP contribution is 1.79. The van der Waals surface area contributed by atoms with Gasteiger partial charge in [-0.05, 0) is 6.92 Å². The number of rotatable bonds is 0. The van der Waals surface area contributed by atoms with Crippen molar-refractivity contribution in [2.24, 2.45) is 0 Å². The summed E-state index contributed by atoms with van der Waals surface area (Å²) in [5, 5.41) is 0. The fourth-order valence-electron chi connectivity index (χ4n) is 0.558. The van der Waals surface area contributed by atoms with Crippen LogP contribution in [0.15, 0.2) is 23.1 Å². The fourth-order valence-corrected chi connectivity index (χ4v) is 0.558. The minimum absolute atomic E-state index is 0. The van der Waals surface area contributed by atoms with E-state index in [2.05, 4.69) is 4.98 Å². The first kappa shape index (κ1) is 7.95. The minimum Gasteiger partial charge on any atom is -0.365 e. The fraction of sp³-hybridized carbons (Fsp3) is 0.286. The van der Waals surface area contributed by atoms with Crippen LogP contribution in [0.1, 0.15) is 13.1 Å². The highest BCUT2D eigenvalue weighted by atomic mass is 16.1. The van der Waals surface area contributed by atoms with Crippen molar-refractivity contribution < 1.29 is 0 Å². The Labute approximate surface area is 54.5 Å². The van der Waals surface area contributed by atoms with Crippen LogP contribution in [0.25, 0.3) is 0 Å². The van der Waals surface area contributed by atoms with E-state index in [1.165, 1.54) is 6.07 Å². The lowest BCUT2D eigenvalue weighted by atomic mass is 10.4. The molecule has 0 atom stereocenters. The van der Waals surface area contributed by atoms with Gasteiger partial charge in [-0.2, -0.15) is 0 Å². The summed E-state index contributed by atoms with van der Waals surface area (Å²) in [6.07, 6.45) is 1.64. The van der Waals surface area contributed by atoms with E-state index in [0.717, 1.165) is 5.69 Å². The van der Waals surface area contributed by atoms with Crippen LogP contribution in [0.2, 0.25) is 0 Å². The number of aromatic nitrogens is 1. The third-order valence-corrected chi connectivity index (χ3v) is 0.917. The van der Waals surface area contributed by atoms with Gasteiger partial charge in [0.15, 0.2) is 5.43 Å². The van der Waals surface area contributed by atoms with Gasteiger partial charge in [0, 0.05) is 24.0 Å². The number of hydrogen-bond donors (Lipinski definition) is 1. The summed E-state index contributed by atoms with van der Waals surface area (Å²) >= 11 is 0. The predicted molar refractivity (Wildman–Crippen MR) is 38.5 cm³/mol. The highest BCUT2D eigenvalue weighted by molar-refractivity contribution is 5.00. The van der Waals surface area contributed by atoms with Gasteiger partial charge in [-0.3, -0.25) is 4.79 Å². The first-order valence-electron chi connectivity index (χ1n) is 2.44. The molecule has 0 spiro atoms. The molecule has 9 heavy (non-hydrogen) atoms. The van der Waals surface area contributed by atoms with Crippen LogP contribution in [0.3, 0.4) is 0 Å². The molecule has 0 radical (unpaired) electrons. The van der Waals surface area contributed by atoms with E-state index in [4.69, 9.17) is 0 Å². The standard InChI is InChI=1S/C6H7NO.CH4/c1-5-4-6(8)2-3-7-5;/h2-4H,1H3,(H,7,8);1H4. The smallest absolute Gasteiger partial charge is 0.181 e. The Morgan fingerprint density at radius 3 is 2.56 bits per heavy atom. The Hall–Kier alpha value is -1.05. The summed E-state index contributed by atoms with van der Waals surface area (Å²) in [6, 6.07) is 3.05. The molecule has 2 heteroatoms. The third kappa shape index (κ3) is 2.13. The molecule has 1 aromatic heterocycles. The third-order valence-electron chi connectivity index (χ3n) is 0.917. The molecule has 1 N–H and O–H groups in total. The van der Waals surface area contributed by atoms with Crippen molar-refractivity contribution in [1.82, 2.24) is 4.98 Å². The summed E-state index contributed by atoms with van der Waals surface area (Å²) in [6.45, 7) is 1.85. The molecule has 0 aromatic carbocycles. The van der Waals surface area contributed by atoms with Crippen LogP contribution in [-0.4, -0.2) is 4.98 Å². The van der Waals surface area contributed by atoms with E-state index in [9.17, 15) is 4.79 Å². The second-order valence-corrected chi connectivity index (χ2v) is 1.71. The van der Waals surface area contributed by atoms with Crippen LogP contribution in [0.4, 0.5) is 0 Å². The maximum absolute atomic E-state index is 10.5. The summed E-state index contributed by atoms with van der Waals surface area (Å²) < 4.78 is 0. The lowest BCUT2D eigenvalue weighted by Gasteiger charge is -1.85. The molecule has 50 valence electrons. The number of aryl methyl sites for hydroxylation is 1. The van der Waals surface area contributed by atoms with E-state index in [0.29, 0.717) is 0 Å². The molecule has 0 amide bonds. The van der Waals surface area contributed by atoms with Gasteiger partial charge in [0.25, 0.3) is 0 Å². The Bertz CT molecular complexity index is 226. The van der Waals surface area contributed by atoms with Crippen LogP contribution in [0.5, 0.6) is 0 Å². The molecule has 0 saturated heterocycles. The normalized spacial score (nSPS) is 8.11. The minimum atomic E-state index is 0. The number of pyridine rings is 1. The van der Waals surface area contributed by atoms with E-state index >= 15 is 0 Å². The molecule has 0 saturated carbocycles. The van der Waals surface area contributed by atoms with Crippen molar-refractivity contribution in [3.63, 3.8) is 0 Å². The van der Waals surface area contributed by atoms with Crippen molar-refractivity contribution in [2.45, 2.75) is 14.4 Å². The molecule has 0 bridgehead atoms. The van der Waals surface area contributed by atoms with Crippen molar-refractivity contribution in [1.29, 1.82) is 0 Å². The first-order valence-corrected chi connectivity index (χ1v) is 2.44. The molecular formula is C7H11NO. The average Bonchev–Trinajstić information content (AvgIpc) is 1.64. The number of aromatic amines is 1. The molecule has 2 nitrogen and oxygen atoms in total. The SMILES string of the molecule is C.Cc1cc(=O)cc[nH]1. The first-order chi connectivity index (χ1) is 3.79. The predicted octanol–water partition coefficient (Wildman–Crippen LogP) is 1.32. The van der Waals surface area contributed by atoms with E-state index in [1.807, 2.05) is 6.92 Å². The lowest BCUT2D eigenvalue weighted by molar-refractivity contribution is 1.18. The average molecular weight is 125 g/mol. The Morgan fingerprint density at radius 2 is 2.22 bits per heavy atom. The van der Waals surface area contributed by atoms with E-state index in [1.54, 1.807) is 12.3 Å². The highest BCUT2D eigenvalue weighted by Gasteiger charge is 1.80. The zero-order valence-electron chi connectivity index (χ0n) is 4.64. The second-order valence-electron chi connectivity index (χ2n) is 1.71. The van der Waals surface area contributed by atoms with E-state index in [-0.39, 0.29) is 12.9 Å². The van der Waals surface area contributed by atoms with Crippen molar-refractivity contribution in [3.8, 4) is 0 Å². The van der Waals surface area contributed by atoms with Gasteiger partial charge in [-0.15, -0.1) is 0 Å². The number of H-pyrrole nitrogens is 1. The maximum Gasteiger partial charge on any atom is 0.181 e.